The third kappa shape index (κ3) is 2.23. The van der Waals surface area contributed by atoms with Gasteiger partial charge in [-0.1, -0.05) is 13.0 Å². The van der Waals surface area contributed by atoms with Crippen LogP contribution in [0.25, 0.3) is 0 Å². The molecule has 1 aliphatic rings. The Bertz CT molecular complexity index is 278. The van der Waals surface area contributed by atoms with Gasteiger partial charge in [-0.05, 0) is 24.9 Å². The topological polar surface area (TPSA) is 34.1 Å². The fourth-order valence-corrected chi connectivity index (χ4v) is 1.59. The van der Waals surface area contributed by atoms with Crippen LogP contribution in [0.5, 0.6) is 5.88 Å². The molecule has 0 bridgehead atoms. The Kier molecular flexibility index (Phi) is 2.99. The Morgan fingerprint density at radius 3 is 3.07 bits per heavy atom. The Hall–Kier alpha value is -1.09. The SMILES string of the molecule is CCc1ccc(OC2CCNC2)nc1. The van der Waals surface area contributed by atoms with Gasteiger partial charge in [0.25, 0.3) is 0 Å². The van der Waals surface area contributed by atoms with Crippen LogP contribution >= 0.6 is 0 Å². The lowest BCUT2D eigenvalue weighted by molar-refractivity contribution is 0.214. The van der Waals surface area contributed by atoms with E-state index < -0.39 is 0 Å². The minimum absolute atomic E-state index is 0.301. The molecule has 2 heterocycles. The number of ether oxygens (including phenoxy) is 1. The Morgan fingerprint density at radius 2 is 2.50 bits per heavy atom. The first-order chi connectivity index (χ1) is 6.88. The van der Waals surface area contributed by atoms with Crippen LogP contribution in [0.1, 0.15) is 18.9 Å². The van der Waals surface area contributed by atoms with Crippen molar-refractivity contribution >= 4 is 0 Å². The second kappa shape index (κ2) is 4.42. The molecule has 1 N–H and O–H groups in total. The van der Waals surface area contributed by atoms with Crippen LogP contribution in [0.15, 0.2) is 18.3 Å². The molecule has 2 rings (SSSR count). The molecule has 0 saturated carbocycles. The highest BCUT2D eigenvalue weighted by molar-refractivity contribution is 5.17. The molecule has 1 aromatic heterocycles. The number of pyridine rings is 1. The highest BCUT2D eigenvalue weighted by Gasteiger charge is 2.15. The van der Waals surface area contributed by atoms with Crippen LogP contribution in [-0.4, -0.2) is 24.2 Å². The Morgan fingerprint density at radius 1 is 1.57 bits per heavy atom. The van der Waals surface area contributed by atoms with E-state index in [-0.39, 0.29) is 0 Å². The zero-order valence-corrected chi connectivity index (χ0v) is 8.49. The summed E-state index contributed by atoms with van der Waals surface area (Å²) in [5, 5.41) is 3.26. The molecular formula is C11H16N2O. The summed E-state index contributed by atoms with van der Waals surface area (Å²) < 4.78 is 5.70. The number of nitrogens with one attached hydrogen (secondary N) is 1. The van der Waals surface area contributed by atoms with Crippen molar-refractivity contribution in [3.63, 3.8) is 0 Å². The van der Waals surface area contributed by atoms with Gasteiger partial charge in [-0.2, -0.15) is 0 Å². The van der Waals surface area contributed by atoms with Crippen molar-refractivity contribution in [2.45, 2.75) is 25.9 Å². The third-order valence-corrected chi connectivity index (χ3v) is 2.51. The number of aryl methyl sites for hydroxylation is 1. The van der Waals surface area contributed by atoms with E-state index >= 15 is 0 Å². The summed E-state index contributed by atoms with van der Waals surface area (Å²) in [6.07, 6.45) is 4.29. The molecule has 0 aliphatic carbocycles. The second-order valence-corrected chi connectivity index (χ2v) is 3.59. The van der Waals surface area contributed by atoms with Crippen LogP contribution < -0.4 is 10.1 Å². The lowest BCUT2D eigenvalue weighted by atomic mass is 10.2. The molecule has 1 aliphatic heterocycles. The highest BCUT2D eigenvalue weighted by atomic mass is 16.5. The maximum atomic E-state index is 5.70. The monoisotopic (exact) mass is 192 g/mol. The van der Waals surface area contributed by atoms with Crippen LogP contribution in [0.4, 0.5) is 0 Å². The molecule has 1 unspecified atom stereocenters. The molecule has 3 heteroatoms. The Labute approximate surface area is 84.5 Å². The molecular weight excluding hydrogens is 176 g/mol. The summed E-state index contributed by atoms with van der Waals surface area (Å²) in [5.41, 5.74) is 1.25. The normalized spacial score (nSPS) is 21.1. The smallest absolute Gasteiger partial charge is 0.213 e. The predicted molar refractivity (Wildman–Crippen MR) is 55.5 cm³/mol. The fourth-order valence-electron chi connectivity index (χ4n) is 1.59. The maximum Gasteiger partial charge on any atom is 0.213 e. The molecule has 1 atom stereocenters. The van der Waals surface area contributed by atoms with Gasteiger partial charge in [0.05, 0.1) is 0 Å². The van der Waals surface area contributed by atoms with Gasteiger partial charge in [0.15, 0.2) is 0 Å². The van der Waals surface area contributed by atoms with Gasteiger partial charge in [-0.3, -0.25) is 0 Å². The summed E-state index contributed by atoms with van der Waals surface area (Å²) in [6, 6.07) is 4.03. The van der Waals surface area contributed by atoms with Gasteiger partial charge >= 0.3 is 0 Å². The van der Waals surface area contributed by atoms with Crippen LogP contribution in [0.3, 0.4) is 0 Å². The lowest BCUT2D eigenvalue weighted by Crippen LogP contribution is -2.19. The van der Waals surface area contributed by atoms with Crippen LogP contribution in [-0.2, 0) is 6.42 Å². The van der Waals surface area contributed by atoms with Crippen molar-refractivity contribution in [2.75, 3.05) is 13.1 Å². The van der Waals surface area contributed by atoms with Gasteiger partial charge in [-0.25, -0.2) is 4.98 Å². The van der Waals surface area contributed by atoms with E-state index in [0.29, 0.717) is 6.10 Å². The van der Waals surface area contributed by atoms with E-state index in [2.05, 4.69) is 23.3 Å². The number of rotatable bonds is 3. The van der Waals surface area contributed by atoms with Crippen molar-refractivity contribution in [1.82, 2.24) is 10.3 Å². The van der Waals surface area contributed by atoms with Gasteiger partial charge in [-0.15, -0.1) is 0 Å². The van der Waals surface area contributed by atoms with E-state index in [9.17, 15) is 0 Å². The van der Waals surface area contributed by atoms with Crippen molar-refractivity contribution in [3.05, 3.63) is 23.9 Å². The maximum absolute atomic E-state index is 5.70. The summed E-state index contributed by atoms with van der Waals surface area (Å²) in [4.78, 5) is 4.26. The average Bonchev–Trinajstić information content (AvgIpc) is 2.72. The molecule has 1 aromatic rings. The first-order valence-electron chi connectivity index (χ1n) is 5.21. The standard InChI is InChI=1S/C11H16N2O/c1-2-9-3-4-11(13-7-9)14-10-5-6-12-8-10/h3-4,7,10,12H,2,5-6,8H2,1H3. The predicted octanol–water partition coefficient (Wildman–Crippen LogP) is 1.38. The molecule has 0 aromatic carbocycles. The first-order valence-corrected chi connectivity index (χ1v) is 5.21. The van der Waals surface area contributed by atoms with Crippen molar-refractivity contribution in [3.8, 4) is 5.88 Å². The van der Waals surface area contributed by atoms with Crippen LogP contribution in [0.2, 0.25) is 0 Å². The minimum Gasteiger partial charge on any atom is -0.473 e. The highest BCUT2D eigenvalue weighted by Crippen LogP contribution is 2.12. The average molecular weight is 192 g/mol. The Balaban J connectivity index is 1.95. The molecule has 3 nitrogen and oxygen atoms in total. The number of aromatic nitrogens is 1. The fraction of sp³-hybridized carbons (Fsp3) is 0.545. The minimum atomic E-state index is 0.301. The quantitative estimate of drug-likeness (QED) is 0.785. The van der Waals surface area contributed by atoms with E-state index in [0.717, 1.165) is 31.8 Å². The van der Waals surface area contributed by atoms with Gasteiger partial charge in [0.1, 0.15) is 6.10 Å². The first kappa shape index (κ1) is 9.46. The molecule has 0 radical (unpaired) electrons. The lowest BCUT2D eigenvalue weighted by Gasteiger charge is -2.11. The third-order valence-electron chi connectivity index (χ3n) is 2.51. The number of hydrogen-bond acceptors (Lipinski definition) is 3. The summed E-state index contributed by atoms with van der Waals surface area (Å²) >= 11 is 0. The van der Waals surface area contributed by atoms with E-state index in [4.69, 9.17) is 4.74 Å². The van der Waals surface area contributed by atoms with E-state index in [1.807, 2.05) is 12.3 Å². The molecule has 76 valence electrons. The van der Waals surface area contributed by atoms with Gasteiger partial charge in [0.2, 0.25) is 5.88 Å². The largest absolute Gasteiger partial charge is 0.473 e. The summed E-state index contributed by atoms with van der Waals surface area (Å²) in [5.74, 6) is 0.746. The zero-order chi connectivity index (χ0) is 9.80. The molecule has 1 saturated heterocycles. The van der Waals surface area contributed by atoms with E-state index in [1.54, 1.807) is 0 Å². The molecule has 14 heavy (non-hydrogen) atoms. The van der Waals surface area contributed by atoms with Crippen molar-refractivity contribution < 1.29 is 4.74 Å². The van der Waals surface area contributed by atoms with Crippen molar-refractivity contribution in [2.24, 2.45) is 0 Å². The van der Waals surface area contributed by atoms with E-state index in [1.165, 1.54) is 5.56 Å². The molecule has 1 fully saturated rings. The van der Waals surface area contributed by atoms with Crippen LogP contribution in [0, 0.1) is 0 Å². The molecule has 0 amide bonds. The summed E-state index contributed by atoms with van der Waals surface area (Å²) in [7, 11) is 0. The van der Waals surface area contributed by atoms with Crippen molar-refractivity contribution in [1.29, 1.82) is 0 Å². The van der Waals surface area contributed by atoms with Gasteiger partial charge < -0.3 is 10.1 Å². The second-order valence-electron chi connectivity index (χ2n) is 3.59. The number of hydrogen-bond donors (Lipinski definition) is 1. The zero-order valence-electron chi connectivity index (χ0n) is 8.49. The molecule has 0 spiro atoms. The number of nitrogens with zero attached hydrogens (tertiary/aromatic N) is 1. The summed E-state index contributed by atoms with van der Waals surface area (Å²) in [6.45, 7) is 4.12. The van der Waals surface area contributed by atoms with Gasteiger partial charge in [0, 0.05) is 18.8 Å².